The van der Waals surface area contributed by atoms with Crippen LogP contribution in [0.1, 0.15) is 19.3 Å². The first-order chi connectivity index (χ1) is 10.8. The number of carbonyl (C=O) groups is 1. The predicted molar refractivity (Wildman–Crippen MR) is 83.9 cm³/mol. The number of hydrogen-bond donors (Lipinski definition) is 3. The van der Waals surface area contributed by atoms with Crippen molar-refractivity contribution < 1.29 is 23.4 Å². The van der Waals surface area contributed by atoms with Crippen molar-refractivity contribution in [2.45, 2.75) is 35.5 Å². The number of rotatable bonds is 3. The fourth-order valence-corrected chi connectivity index (χ4v) is 4.52. The van der Waals surface area contributed by atoms with E-state index < -0.39 is 27.3 Å². The summed E-state index contributed by atoms with van der Waals surface area (Å²) in [6, 6.07) is 8.05. The molecule has 23 heavy (non-hydrogen) atoms. The number of halogens is 1. The Labute approximate surface area is 139 Å². The second kappa shape index (κ2) is 8.72. The highest BCUT2D eigenvalue weighted by Gasteiger charge is 2.35. The summed E-state index contributed by atoms with van der Waals surface area (Å²) in [7, 11) is -3.39. The van der Waals surface area contributed by atoms with Crippen molar-refractivity contribution in [1.29, 1.82) is 5.26 Å². The van der Waals surface area contributed by atoms with Crippen LogP contribution in [0.3, 0.4) is 0 Å². The van der Waals surface area contributed by atoms with Gasteiger partial charge in [0.2, 0.25) is 0 Å². The van der Waals surface area contributed by atoms with Crippen LogP contribution in [-0.4, -0.2) is 42.6 Å². The Morgan fingerprint density at radius 1 is 1.39 bits per heavy atom. The van der Waals surface area contributed by atoms with Crippen molar-refractivity contribution in [1.82, 2.24) is 5.32 Å². The van der Waals surface area contributed by atoms with Crippen LogP contribution in [0.4, 0.5) is 4.79 Å². The lowest BCUT2D eigenvalue weighted by Gasteiger charge is -2.12. The van der Waals surface area contributed by atoms with E-state index in [1.165, 1.54) is 6.07 Å². The lowest BCUT2D eigenvalue weighted by Crippen LogP contribution is -2.20. The third-order valence-corrected chi connectivity index (χ3v) is 5.97. The second-order valence-corrected chi connectivity index (χ2v) is 7.48. The van der Waals surface area contributed by atoms with Crippen molar-refractivity contribution in [3.05, 3.63) is 29.3 Å². The van der Waals surface area contributed by atoms with E-state index in [4.69, 9.17) is 22.0 Å². The molecule has 0 heterocycles. The van der Waals surface area contributed by atoms with Crippen LogP contribution in [-0.2, 0) is 9.84 Å². The summed E-state index contributed by atoms with van der Waals surface area (Å²) in [5.41, 5.74) is 0. The maximum atomic E-state index is 12.2. The molecule has 0 saturated heterocycles. The molecule has 1 saturated carbocycles. The minimum atomic E-state index is -3.39. The molecule has 2 rings (SSSR count). The van der Waals surface area contributed by atoms with E-state index in [1.54, 1.807) is 24.3 Å². The van der Waals surface area contributed by atoms with Gasteiger partial charge in [-0.1, -0.05) is 23.7 Å². The number of amides is 1. The zero-order valence-electron chi connectivity index (χ0n) is 12.1. The van der Waals surface area contributed by atoms with Gasteiger partial charge in [0.05, 0.1) is 27.3 Å². The first-order valence-electron chi connectivity index (χ1n) is 6.79. The van der Waals surface area contributed by atoms with Crippen molar-refractivity contribution in [3.63, 3.8) is 0 Å². The molecular weight excluding hydrogens is 344 g/mol. The van der Waals surface area contributed by atoms with Crippen LogP contribution in [0, 0.1) is 11.3 Å². The Hall–Kier alpha value is -1.82. The molecule has 1 aromatic carbocycles. The summed E-state index contributed by atoms with van der Waals surface area (Å²) in [5.74, 6) is 0. The van der Waals surface area contributed by atoms with Gasteiger partial charge < -0.3 is 15.5 Å². The van der Waals surface area contributed by atoms with E-state index in [1.807, 2.05) is 5.32 Å². The molecule has 7 nitrogen and oxygen atoms in total. The quantitative estimate of drug-likeness (QED) is 0.705. The Balaban J connectivity index is 0.000000322. The first-order valence-corrected chi connectivity index (χ1v) is 8.71. The molecule has 1 amide bonds. The molecule has 2 atom stereocenters. The lowest BCUT2D eigenvalue weighted by atomic mass is 10.3. The molecule has 126 valence electrons. The number of carboxylic acid groups (broad SMARTS) is 1. The smallest absolute Gasteiger partial charge is 0.405 e. The molecule has 3 N–H and O–H groups in total. The normalized spacial score (nSPS) is 20.0. The standard InChI is InChI=1S/C11H13ClO3S.C3H4N2O2/c12-10-3-1-2-4-11(10)16(14,15)9-6-5-8(13)7-9;4-1-2-5-3(6)7/h1-4,8-9,13H,5-7H2;5H,2H2,(H,6,7)/t8-,9-;/m1./s1. The maximum absolute atomic E-state index is 12.2. The number of aliphatic hydroxyl groups is 1. The maximum Gasteiger partial charge on any atom is 0.405 e. The van der Waals surface area contributed by atoms with Gasteiger partial charge in [0.15, 0.2) is 9.84 Å². The molecule has 1 aliphatic carbocycles. The number of nitrogens with zero attached hydrogens (tertiary/aromatic N) is 1. The number of hydrogen-bond acceptors (Lipinski definition) is 5. The largest absolute Gasteiger partial charge is 0.465 e. The molecule has 0 spiro atoms. The highest BCUT2D eigenvalue weighted by atomic mass is 35.5. The minimum Gasteiger partial charge on any atom is -0.465 e. The average molecular weight is 361 g/mol. The molecule has 0 aliphatic heterocycles. The topological polar surface area (TPSA) is 127 Å². The summed E-state index contributed by atoms with van der Waals surface area (Å²) >= 11 is 5.88. The Bertz CT molecular complexity index is 687. The molecule has 0 unspecified atom stereocenters. The van der Waals surface area contributed by atoms with E-state index in [0.717, 1.165) is 0 Å². The van der Waals surface area contributed by atoms with E-state index >= 15 is 0 Å². The van der Waals surface area contributed by atoms with Gasteiger partial charge in [0.1, 0.15) is 6.54 Å². The molecule has 1 aliphatic rings. The van der Waals surface area contributed by atoms with Gasteiger partial charge in [0.25, 0.3) is 0 Å². The van der Waals surface area contributed by atoms with Gasteiger partial charge in [-0.15, -0.1) is 0 Å². The molecule has 1 fully saturated rings. The van der Waals surface area contributed by atoms with Crippen molar-refractivity contribution in [2.75, 3.05) is 6.54 Å². The molecule has 9 heteroatoms. The Kier molecular flexibility index (Phi) is 7.29. The Morgan fingerprint density at radius 3 is 2.48 bits per heavy atom. The van der Waals surface area contributed by atoms with Crippen molar-refractivity contribution in [3.8, 4) is 6.07 Å². The molecule has 0 aromatic heterocycles. The summed E-state index contributed by atoms with van der Waals surface area (Å²) in [5, 5.41) is 26.5. The van der Waals surface area contributed by atoms with Crippen LogP contribution in [0.25, 0.3) is 0 Å². The molecule has 1 aromatic rings. The van der Waals surface area contributed by atoms with Crippen LogP contribution < -0.4 is 5.32 Å². The highest BCUT2D eigenvalue weighted by Crippen LogP contribution is 2.32. The fraction of sp³-hybridized carbons (Fsp3) is 0.429. The van der Waals surface area contributed by atoms with Gasteiger partial charge in [0, 0.05) is 0 Å². The fourth-order valence-electron chi connectivity index (χ4n) is 2.17. The van der Waals surface area contributed by atoms with Gasteiger partial charge in [-0.2, -0.15) is 5.26 Å². The van der Waals surface area contributed by atoms with Gasteiger partial charge in [-0.05, 0) is 31.4 Å². The Morgan fingerprint density at radius 2 is 2.04 bits per heavy atom. The lowest BCUT2D eigenvalue weighted by molar-refractivity contribution is 0.183. The number of aliphatic hydroxyl groups excluding tert-OH is 1. The van der Waals surface area contributed by atoms with Crippen LogP contribution >= 0.6 is 11.6 Å². The van der Waals surface area contributed by atoms with Gasteiger partial charge in [-0.25, -0.2) is 13.2 Å². The SMILES string of the molecule is N#CCNC(=O)O.O=S(=O)(c1ccccc1Cl)[C@@H]1CC[C@@H](O)C1. The van der Waals surface area contributed by atoms with E-state index in [0.29, 0.717) is 19.3 Å². The zero-order valence-corrected chi connectivity index (χ0v) is 13.7. The summed E-state index contributed by atoms with van der Waals surface area (Å²) in [4.78, 5) is 9.67. The number of nitrogens with one attached hydrogen (secondary N) is 1. The minimum absolute atomic E-state index is 0.144. The van der Waals surface area contributed by atoms with E-state index in [-0.39, 0.29) is 16.5 Å². The molecular formula is C14H17ClN2O5S. The zero-order chi connectivity index (χ0) is 17.5. The van der Waals surface area contributed by atoms with Crippen molar-refractivity contribution in [2.24, 2.45) is 0 Å². The number of benzene rings is 1. The van der Waals surface area contributed by atoms with E-state index in [2.05, 4.69) is 0 Å². The summed E-state index contributed by atoms with van der Waals surface area (Å²) in [6.45, 7) is -0.144. The van der Waals surface area contributed by atoms with Crippen LogP contribution in [0.5, 0.6) is 0 Å². The highest BCUT2D eigenvalue weighted by molar-refractivity contribution is 7.92. The molecule has 0 bridgehead atoms. The number of sulfone groups is 1. The van der Waals surface area contributed by atoms with Crippen molar-refractivity contribution >= 4 is 27.5 Å². The summed E-state index contributed by atoms with van der Waals surface area (Å²) in [6.07, 6.45) is -0.291. The second-order valence-electron chi connectivity index (χ2n) is 4.88. The first kappa shape index (κ1) is 19.2. The predicted octanol–water partition coefficient (Wildman–Crippen LogP) is 1.80. The van der Waals surface area contributed by atoms with E-state index in [9.17, 15) is 18.3 Å². The van der Waals surface area contributed by atoms with Crippen LogP contribution in [0.15, 0.2) is 29.2 Å². The van der Waals surface area contributed by atoms with Crippen LogP contribution in [0.2, 0.25) is 5.02 Å². The van der Waals surface area contributed by atoms with Gasteiger partial charge in [-0.3, -0.25) is 0 Å². The van der Waals surface area contributed by atoms with Gasteiger partial charge >= 0.3 is 6.09 Å². The average Bonchev–Trinajstić information content (AvgIpc) is 2.93. The summed E-state index contributed by atoms with van der Waals surface area (Å²) < 4.78 is 24.4. The molecule has 0 radical (unpaired) electrons. The third-order valence-electron chi connectivity index (χ3n) is 3.26. The third kappa shape index (κ3) is 5.71. The monoisotopic (exact) mass is 360 g/mol. The number of nitriles is 1.